The first-order valence-electron chi connectivity index (χ1n) is 8.16. The molecule has 1 aliphatic rings. The Morgan fingerprint density at radius 2 is 1.87 bits per heavy atom. The van der Waals surface area contributed by atoms with Gasteiger partial charge in [-0.25, -0.2) is 4.79 Å². The van der Waals surface area contributed by atoms with E-state index in [-0.39, 0.29) is 11.1 Å². The second-order valence-electron chi connectivity index (χ2n) is 6.26. The molecule has 0 spiro atoms. The molecule has 0 bridgehead atoms. The fourth-order valence-electron chi connectivity index (χ4n) is 3.43. The normalized spacial score (nSPS) is 15.9. The fourth-order valence-corrected chi connectivity index (χ4v) is 3.43. The van der Waals surface area contributed by atoms with Crippen LogP contribution in [0.1, 0.15) is 35.2 Å². The first-order chi connectivity index (χ1) is 11.1. The van der Waals surface area contributed by atoms with Gasteiger partial charge in [0.15, 0.2) is 0 Å². The van der Waals surface area contributed by atoms with Crippen molar-refractivity contribution >= 4 is 16.9 Å². The van der Waals surface area contributed by atoms with Gasteiger partial charge in [0, 0.05) is 19.2 Å². The number of likely N-dealkylation sites (tertiary alicyclic amines) is 1. The minimum atomic E-state index is -0.943. The molecule has 0 saturated carbocycles. The summed E-state index contributed by atoms with van der Waals surface area (Å²) < 4.78 is 1.78. The van der Waals surface area contributed by atoms with Crippen molar-refractivity contribution in [3.63, 3.8) is 0 Å². The summed E-state index contributed by atoms with van der Waals surface area (Å²) in [5, 5.41) is 10.00. The highest BCUT2D eigenvalue weighted by atomic mass is 16.4. The van der Waals surface area contributed by atoms with Crippen LogP contribution in [-0.4, -0.2) is 40.2 Å². The molecule has 3 rings (SSSR count). The fraction of sp³-hybridized carbons (Fsp3) is 0.444. The van der Waals surface area contributed by atoms with E-state index in [0.717, 1.165) is 36.1 Å². The van der Waals surface area contributed by atoms with Gasteiger partial charge >= 0.3 is 5.97 Å². The lowest BCUT2D eigenvalue weighted by Crippen LogP contribution is -2.34. The van der Waals surface area contributed by atoms with Crippen LogP contribution in [0, 0.1) is 6.92 Å². The Balaban J connectivity index is 1.96. The summed E-state index contributed by atoms with van der Waals surface area (Å²) in [4.78, 5) is 25.9. The molecule has 0 atom stereocenters. The van der Waals surface area contributed by atoms with E-state index in [2.05, 4.69) is 4.90 Å². The van der Waals surface area contributed by atoms with Crippen LogP contribution in [0.5, 0.6) is 0 Å². The largest absolute Gasteiger partial charge is 0.478 e. The molecule has 0 amide bonds. The SMILES string of the molecule is Cc1cc(C(=O)O)cc2ccc(=O)n(CCN3CCCCC3)c12. The van der Waals surface area contributed by atoms with Gasteiger partial charge in [-0.1, -0.05) is 6.42 Å². The summed E-state index contributed by atoms with van der Waals surface area (Å²) in [6, 6.07) is 6.53. The quantitative estimate of drug-likeness (QED) is 0.942. The smallest absolute Gasteiger partial charge is 0.335 e. The Kier molecular flexibility index (Phi) is 4.48. The molecule has 1 aromatic heterocycles. The van der Waals surface area contributed by atoms with Crippen molar-refractivity contribution < 1.29 is 9.90 Å². The van der Waals surface area contributed by atoms with Crippen LogP contribution in [0.25, 0.3) is 10.9 Å². The summed E-state index contributed by atoms with van der Waals surface area (Å²) in [7, 11) is 0. The average molecular weight is 314 g/mol. The molecule has 5 heteroatoms. The number of aromatic carboxylic acids is 1. The number of carboxylic acids is 1. The Hall–Kier alpha value is -2.14. The number of nitrogens with zero attached hydrogens (tertiary/aromatic N) is 2. The van der Waals surface area contributed by atoms with Gasteiger partial charge in [0.05, 0.1) is 11.1 Å². The van der Waals surface area contributed by atoms with Crippen molar-refractivity contribution in [2.45, 2.75) is 32.7 Å². The average Bonchev–Trinajstić information content (AvgIpc) is 2.55. The van der Waals surface area contributed by atoms with Gasteiger partial charge in [-0.3, -0.25) is 4.79 Å². The lowest BCUT2D eigenvalue weighted by atomic mass is 10.1. The van der Waals surface area contributed by atoms with Crippen molar-refractivity contribution in [3.8, 4) is 0 Å². The van der Waals surface area contributed by atoms with E-state index in [1.54, 1.807) is 22.8 Å². The summed E-state index contributed by atoms with van der Waals surface area (Å²) in [5.74, 6) is -0.943. The Labute approximate surface area is 135 Å². The number of carbonyl (C=O) groups is 1. The molecule has 1 aliphatic heterocycles. The van der Waals surface area contributed by atoms with Crippen molar-refractivity contribution in [2.75, 3.05) is 19.6 Å². The summed E-state index contributed by atoms with van der Waals surface area (Å²) in [6.07, 6.45) is 3.75. The number of aryl methyl sites for hydroxylation is 1. The molecular weight excluding hydrogens is 292 g/mol. The van der Waals surface area contributed by atoms with E-state index in [9.17, 15) is 14.7 Å². The van der Waals surface area contributed by atoms with Crippen LogP contribution in [0.15, 0.2) is 29.1 Å². The van der Waals surface area contributed by atoms with Crippen molar-refractivity contribution in [2.24, 2.45) is 0 Å². The van der Waals surface area contributed by atoms with Crippen LogP contribution in [0.2, 0.25) is 0 Å². The lowest BCUT2D eigenvalue weighted by molar-refractivity contribution is 0.0697. The molecule has 5 nitrogen and oxygen atoms in total. The van der Waals surface area contributed by atoms with E-state index in [1.165, 1.54) is 25.3 Å². The van der Waals surface area contributed by atoms with E-state index >= 15 is 0 Å². The predicted molar refractivity (Wildman–Crippen MR) is 90.2 cm³/mol. The second kappa shape index (κ2) is 6.54. The van der Waals surface area contributed by atoms with Crippen LogP contribution < -0.4 is 5.56 Å². The highest BCUT2D eigenvalue weighted by Crippen LogP contribution is 2.20. The Bertz CT molecular complexity index is 789. The van der Waals surface area contributed by atoms with Gasteiger partial charge in [-0.2, -0.15) is 0 Å². The number of benzene rings is 1. The number of fused-ring (bicyclic) bond motifs is 1. The van der Waals surface area contributed by atoms with Gasteiger partial charge in [-0.15, -0.1) is 0 Å². The zero-order valence-electron chi connectivity index (χ0n) is 13.4. The van der Waals surface area contributed by atoms with Gasteiger partial charge in [0.1, 0.15) is 0 Å². The highest BCUT2D eigenvalue weighted by molar-refractivity contribution is 5.94. The summed E-state index contributed by atoms with van der Waals surface area (Å²) in [6.45, 7) is 5.57. The van der Waals surface area contributed by atoms with E-state index in [0.29, 0.717) is 6.54 Å². The first kappa shape index (κ1) is 15.7. The zero-order valence-corrected chi connectivity index (χ0v) is 13.4. The maximum Gasteiger partial charge on any atom is 0.335 e. The van der Waals surface area contributed by atoms with Crippen molar-refractivity contribution in [3.05, 3.63) is 45.7 Å². The number of aromatic nitrogens is 1. The minimum Gasteiger partial charge on any atom is -0.478 e. The van der Waals surface area contributed by atoms with Crippen LogP contribution in [0.4, 0.5) is 0 Å². The molecule has 1 saturated heterocycles. The zero-order chi connectivity index (χ0) is 16.4. The molecule has 122 valence electrons. The third-order valence-electron chi connectivity index (χ3n) is 4.61. The van der Waals surface area contributed by atoms with Gasteiger partial charge in [-0.05, 0) is 62.0 Å². The molecule has 1 N–H and O–H groups in total. The van der Waals surface area contributed by atoms with Gasteiger partial charge in [0.2, 0.25) is 0 Å². The molecular formula is C18H22N2O3. The maximum atomic E-state index is 12.3. The molecule has 1 fully saturated rings. The third kappa shape index (κ3) is 3.29. The lowest BCUT2D eigenvalue weighted by Gasteiger charge is -2.27. The standard InChI is InChI=1S/C18H22N2O3/c1-13-11-15(18(22)23)12-14-5-6-16(21)20(17(13)14)10-9-19-7-3-2-4-8-19/h5-6,11-12H,2-4,7-10H2,1H3,(H,22,23). The Morgan fingerprint density at radius 1 is 1.13 bits per heavy atom. The number of hydrogen-bond acceptors (Lipinski definition) is 3. The van der Waals surface area contributed by atoms with Crippen LogP contribution in [-0.2, 0) is 6.54 Å². The maximum absolute atomic E-state index is 12.3. The second-order valence-corrected chi connectivity index (χ2v) is 6.26. The van der Waals surface area contributed by atoms with Gasteiger partial charge in [0.25, 0.3) is 5.56 Å². The Morgan fingerprint density at radius 3 is 2.57 bits per heavy atom. The molecule has 2 aromatic rings. The van der Waals surface area contributed by atoms with Crippen molar-refractivity contribution in [1.82, 2.24) is 9.47 Å². The number of piperidine rings is 1. The van der Waals surface area contributed by atoms with Crippen molar-refractivity contribution in [1.29, 1.82) is 0 Å². The molecule has 0 aliphatic carbocycles. The molecule has 0 radical (unpaired) electrons. The minimum absolute atomic E-state index is 0.0271. The predicted octanol–water partition coefficient (Wildman–Crippen LogP) is 2.49. The topological polar surface area (TPSA) is 62.5 Å². The first-order valence-corrected chi connectivity index (χ1v) is 8.16. The summed E-state index contributed by atoms with van der Waals surface area (Å²) >= 11 is 0. The number of carboxylic acid groups (broad SMARTS) is 1. The monoisotopic (exact) mass is 314 g/mol. The van der Waals surface area contributed by atoms with Crippen LogP contribution >= 0.6 is 0 Å². The van der Waals surface area contributed by atoms with E-state index in [4.69, 9.17) is 0 Å². The third-order valence-corrected chi connectivity index (χ3v) is 4.61. The van der Waals surface area contributed by atoms with E-state index in [1.807, 2.05) is 6.92 Å². The van der Waals surface area contributed by atoms with Gasteiger partial charge < -0.3 is 14.6 Å². The number of pyridine rings is 1. The molecule has 1 aromatic carbocycles. The molecule has 0 unspecified atom stereocenters. The molecule has 2 heterocycles. The van der Waals surface area contributed by atoms with E-state index < -0.39 is 5.97 Å². The number of hydrogen-bond donors (Lipinski definition) is 1. The number of rotatable bonds is 4. The summed E-state index contributed by atoms with van der Waals surface area (Å²) in [5.41, 5.74) is 1.91. The van der Waals surface area contributed by atoms with Crippen LogP contribution in [0.3, 0.4) is 0 Å². The highest BCUT2D eigenvalue weighted by Gasteiger charge is 2.13. The molecule has 23 heavy (non-hydrogen) atoms.